The number of halogens is 1. The molecule has 1 aliphatic rings. The first-order valence-corrected chi connectivity index (χ1v) is 7.46. The van der Waals surface area contributed by atoms with Crippen molar-refractivity contribution >= 4 is 28.5 Å². The summed E-state index contributed by atoms with van der Waals surface area (Å²) in [7, 11) is 0. The molecule has 100 valence electrons. The third-order valence-corrected chi connectivity index (χ3v) is 4.05. The Morgan fingerprint density at radius 3 is 2.68 bits per heavy atom. The maximum Gasteiger partial charge on any atom is 0.148 e. The molecule has 0 amide bonds. The van der Waals surface area contributed by atoms with Crippen LogP contribution in [0.4, 0.5) is 5.82 Å². The van der Waals surface area contributed by atoms with Crippen LogP contribution in [0.3, 0.4) is 0 Å². The van der Waals surface area contributed by atoms with Gasteiger partial charge in [-0.05, 0) is 37.8 Å². The first-order valence-electron chi connectivity index (χ1n) is 6.93. The minimum atomic E-state index is 0.624. The quantitative estimate of drug-likeness (QED) is 0.781. The molecule has 0 bridgehead atoms. The van der Waals surface area contributed by atoms with Gasteiger partial charge in [0.15, 0.2) is 0 Å². The van der Waals surface area contributed by atoms with E-state index < -0.39 is 0 Å². The number of rotatable bonds is 5. The maximum absolute atomic E-state index is 5.83. The zero-order chi connectivity index (χ0) is 13.1. The van der Waals surface area contributed by atoms with Gasteiger partial charge in [-0.2, -0.15) is 0 Å². The fourth-order valence-electron chi connectivity index (χ4n) is 2.50. The molecule has 2 aromatic rings. The Morgan fingerprint density at radius 1 is 1.21 bits per heavy atom. The van der Waals surface area contributed by atoms with Crippen LogP contribution in [0.1, 0.15) is 25.7 Å². The molecule has 3 nitrogen and oxygen atoms in total. The molecular formula is C15H18ClN3. The minimum absolute atomic E-state index is 0.624. The molecule has 19 heavy (non-hydrogen) atoms. The number of aromatic nitrogens is 2. The Balaban J connectivity index is 1.89. The first-order chi connectivity index (χ1) is 9.38. The molecule has 1 aliphatic carbocycles. The second-order valence-electron chi connectivity index (χ2n) is 5.04. The second-order valence-corrected chi connectivity index (χ2v) is 5.42. The molecule has 1 fully saturated rings. The van der Waals surface area contributed by atoms with E-state index in [1.807, 2.05) is 30.5 Å². The molecule has 0 saturated heterocycles. The third kappa shape index (κ3) is 2.66. The van der Waals surface area contributed by atoms with E-state index in [4.69, 9.17) is 16.6 Å². The zero-order valence-electron chi connectivity index (χ0n) is 10.9. The normalized spacial score (nSPS) is 15.4. The SMILES string of the molecule is ClCCCN(c1cnc2ccccc2n1)C1CCC1. The number of para-hydroxylation sites is 2. The first kappa shape index (κ1) is 12.7. The van der Waals surface area contributed by atoms with Crippen LogP contribution in [-0.2, 0) is 0 Å². The Morgan fingerprint density at radius 2 is 2.00 bits per heavy atom. The Kier molecular flexibility index (Phi) is 3.83. The Bertz CT molecular complexity index is 554. The molecule has 1 aromatic carbocycles. The number of alkyl halides is 1. The van der Waals surface area contributed by atoms with Gasteiger partial charge in [0.1, 0.15) is 5.82 Å². The van der Waals surface area contributed by atoms with Gasteiger partial charge in [0, 0.05) is 18.5 Å². The van der Waals surface area contributed by atoms with Crippen molar-refractivity contribution in [1.82, 2.24) is 9.97 Å². The summed E-state index contributed by atoms with van der Waals surface area (Å²) in [6.45, 7) is 0.973. The van der Waals surface area contributed by atoms with Gasteiger partial charge in [-0.15, -0.1) is 11.6 Å². The van der Waals surface area contributed by atoms with Crippen molar-refractivity contribution in [2.75, 3.05) is 17.3 Å². The summed E-state index contributed by atoms with van der Waals surface area (Å²) in [5, 5.41) is 0. The van der Waals surface area contributed by atoms with Crippen molar-refractivity contribution < 1.29 is 0 Å². The molecule has 0 N–H and O–H groups in total. The molecule has 0 spiro atoms. The molecule has 0 aliphatic heterocycles. The van der Waals surface area contributed by atoms with Gasteiger partial charge in [0.25, 0.3) is 0 Å². The highest BCUT2D eigenvalue weighted by molar-refractivity contribution is 6.17. The van der Waals surface area contributed by atoms with Crippen LogP contribution in [0.2, 0.25) is 0 Å². The van der Waals surface area contributed by atoms with Crippen molar-refractivity contribution in [1.29, 1.82) is 0 Å². The van der Waals surface area contributed by atoms with Crippen LogP contribution >= 0.6 is 11.6 Å². The smallest absolute Gasteiger partial charge is 0.148 e. The summed E-state index contributed by atoms with van der Waals surface area (Å²) in [6.07, 6.45) is 6.73. The second kappa shape index (κ2) is 5.74. The maximum atomic E-state index is 5.83. The van der Waals surface area contributed by atoms with E-state index in [0.29, 0.717) is 11.9 Å². The number of hydrogen-bond donors (Lipinski definition) is 0. The van der Waals surface area contributed by atoms with Gasteiger partial charge in [0.2, 0.25) is 0 Å². The Labute approximate surface area is 118 Å². The average molecular weight is 276 g/mol. The monoisotopic (exact) mass is 275 g/mol. The molecule has 1 aromatic heterocycles. The fourth-order valence-corrected chi connectivity index (χ4v) is 2.62. The van der Waals surface area contributed by atoms with Crippen molar-refractivity contribution in [3.05, 3.63) is 30.5 Å². The number of benzene rings is 1. The molecule has 1 saturated carbocycles. The number of fused-ring (bicyclic) bond motifs is 1. The molecule has 0 unspecified atom stereocenters. The molecule has 4 heteroatoms. The van der Waals surface area contributed by atoms with Crippen LogP contribution < -0.4 is 4.90 Å². The predicted octanol–water partition coefficient (Wildman–Crippen LogP) is 3.62. The minimum Gasteiger partial charge on any atom is -0.352 e. The van der Waals surface area contributed by atoms with E-state index in [0.717, 1.165) is 29.8 Å². The molecule has 1 heterocycles. The molecular weight excluding hydrogens is 258 g/mol. The van der Waals surface area contributed by atoms with E-state index in [2.05, 4.69) is 9.88 Å². The number of anilines is 1. The van der Waals surface area contributed by atoms with Gasteiger partial charge in [-0.25, -0.2) is 4.98 Å². The van der Waals surface area contributed by atoms with E-state index in [-0.39, 0.29) is 0 Å². The molecule has 3 rings (SSSR count). The van der Waals surface area contributed by atoms with E-state index in [9.17, 15) is 0 Å². The lowest BCUT2D eigenvalue weighted by atomic mass is 9.91. The molecule has 0 atom stereocenters. The standard InChI is InChI=1S/C15H18ClN3/c16-9-4-10-19(12-5-3-6-12)15-11-17-13-7-1-2-8-14(13)18-15/h1-2,7-8,11-12H,3-6,9-10H2. The van der Waals surface area contributed by atoms with E-state index in [1.165, 1.54) is 19.3 Å². The zero-order valence-corrected chi connectivity index (χ0v) is 11.7. The fraction of sp³-hybridized carbons (Fsp3) is 0.467. The van der Waals surface area contributed by atoms with Crippen molar-refractivity contribution in [3.8, 4) is 0 Å². The highest BCUT2D eigenvalue weighted by atomic mass is 35.5. The van der Waals surface area contributed by atoms with Crippen molar-refractivity contribution in [2.24, 2.45) is 0 Å². The summed E-state index contributed by atoms with van der Waals surface area (Å²) in [5.41, 5.74) is 1.92. The largest absolute Gasteiger partial charge is 0.352 e. The topological polar surface area (TPSA) is 29.0 Å². The molecule has 0 radical (unpaired) electrons. The summed E-state index contributed by atoms with van der Waals surface area (Å²) >= 11 is 5.83. The number of hydrogen-bond acceptors (Lipinski definition) is 3. The highest BCUT2D eigenvalue weighted by Crippen LogP contribution is 2.29. The summed E-state index contributed by atoms with van der Waals surface area (Å²) < 4.78 is 0. The summed E-state index contributed by atoms with van der Waals surface area (Å²) in [5.74, 6) is 1.69. The van der Waals surface area contributed by atoms with Crippen LogP contribution in [-0.4, -0.2) is 28.4 Å². The van der Waals surface area contributed by atoms with Crippen LogP contribution in [0, 0.1) is 0 Å². The van der Waals surface area contributed by atoms with Gasteiger partial charge < -0.3 is 4.90 Å². The lowest BCUT2D eigenvalue weighted by Gasteiger charge is -2.38. The van der Waals surface area contributed by atoms with Crippen LogP contribution in [0.5, 0.6) is 0 Å². The Hall–Kier alpha value is -1.35. The van der Waals surface area contributed by atoms with Crippen molar-refractivity contribution in [3.63, 3.8) is 0 Å². The highest BCUT2D eigenvalue weighted by Gasteiger charge is 2.25. The lowest BCUT2D eigenvalue weighted by molar-refractivity contribution is 0.384. The summed E-state index contributed by atoms with van der Waals surface area (Å²) in [4.78, 5) is 11.6. The predicted molar refractivity (Wildman–Crippen MR) is 79.9 cm³/mol. The van der Waals surface area contributed by atoms with Crippen LogP contribution in [0.15, 0.2) is 30.5 Å². The van der Waals surface area contributed by atoms with E-state index in [1.54, 1.807) is 0 Å². The van der Waals surface area contributed by atoms with Gasteiger partial charge in [0.05, 0.1) is 17.2 Å². The van der Waals surface area contributed by atoms with Gasteiger partial charge in [-0.1, -0.05) is 12.1 Å². The average Bonchev–Trinajstić information content (AvgIpc) is 2.40. The van der Waals surface area contributed by atoms with E-state index >= 15 is 0 Å². The lowest BCUT2D eigenvalue weighted by Crippen LogP contribution is -2.41. The van der Waals surface area contributed by atoms with Crippen LogP contribution in [0.25, 0.3) is 11.0 Å². The number of nitrogens with zero attached hydrogens (tertiary/aromatic N) is 3. The van der Waals surface area contributed by atoms with Gasteiger partial charge >= 0.3 is 0 Å². The third-order valence-electron chi connectivity index (χ3n) is 3.78. The van der Waals surface area contributed by atoms with Gasteiger partial charge in [-0.3, -0.25) is 4.98 Å². The van der Waals surface area contributed by atoms with Crippen molar-refractivity contribution in [2.45, 2.75) is 31.7 Å². The summed E-state index contributed by atoms with van der Waals surface area (Å²) in [6, 6.07) is 8.64.